The summed E-state index contributed by atoms with van der Waals surface area (Å²) in [5.74, 6) is 0. The molecular formula is C22H20S. The highest BCUT2D eigenvalue weighted by Crippen LogP contribution is 2.30. The Kier molecular flexibility index (Phi) is 5.33. The number of thioether (sulfide) groups is 1. The molecule has 0 saturated heterocycles. The standard InChI is InChI=1S/C22H20S/c1-18-12-14-20(15-13-18)17-22(16-19-8-4-2-5-9-19)23-21-10-6-3-7-11-21/h2-16H,17H2,1H3/b22-16+. The van der Waals surface area contributed by atoms with Crippen LogP contribution in [0.2, 0.25) is 0 Å². The maximum absolute atomic E-state index is 2.29. The van der Waals surface area contributed by atoms with Gasteiger partial charge in [0.25, 0.3) is 0 Å². The van der Waals surface area contributed by atoms with E-state index in [2.05, 4.69) is 97.9 Å². The second kappa shape index (κ2) is 7.85. The van der Waals surface area contributed by atoms with Crippen molar-refractivity contribution >= 4 is 17.8 Å². The van der Waals surface area contributed by atoms with Crippen LogP contribution in [-0.2, 0) is 6.42 Å². The second-order valence-corrected chi connectivity index (χ2v) is 6.80. The number of rotatable bonds is 5. The third-order valence-corrected chi connectivity index (χ3v) is 4.65. The van der Waals surface area contributed by atoms with Crippen molar-refractivity contribution in [2.45, 2.75) is 18.2 Å². The molecule has 0 atom stereocenters. The molecule has 0 amide bonds. The largest absolute Gasteiger partial charge is 0.0942 e. The molecule has 3 aromatic carbocycles. The van der Waals surface area contributed by atoms with Crippen molar-refractivity contribution in [1.82, 2.24) is 0 Å². The summed E-state index contributed by atoms with van der Waals surface area (Å²) in [6.45, 7) is 2.13. The molecule has 0 spiro atoms. The Morgan fingerprint density at radius 1 is 0.783 bits per heavy atom. The summed E-state index contributed by atoms with van der Waals surface area (Å²) in [5, 5.41) is 0. The van der Waals surface area contributed by atoms with Gasteiger partial charge in [0.2, 0.25) is 0 Å². The van der Waals surface area contributed by atoms with Gasteiger partial charge in [0.15, 0.2) is 0 Å². The number of hydrogen-bond acceptors (Lipinski definition) is 1. The Hall–Kier alpha value is -2.25. The van der Waals surface area contributed by atoms with Gasteiger partial charge in [0.1, 0.15) is 0 Å². The van der Waals surface area contributed by atoms with Crippen LogP contribution in [-0.4, -0.2) is 0 Å². The average molecular weight is 316 g/mol. The minimum atomic E-state index is 0.953. The van der Waals surface area contributed by atoms with Crippen LogP contribution < -0.4 is 0 Å². The minimum absolute atomic E-state index is 0.953. The fourth-order valence-electron chi connectivity index (χ4n) is 2.40. The lowest BCUT2D eigenvalue weighted by Crippen LogP contribution is -1.88. The molecule has 3 rings (SSSR count). The zero-order valence-electron chi connectivity index (χ0n) is 13.3. The normalized spacial score (nSPS) is 11.4. The van der Waals surface area contributed by atoms with Gasteiger partial charge in [0, 0.05) is 11.3 Å². The summed E-state index contributed by atoms with van der Waals surface area (Å²) >= 11 is 1.84. The molecule has 1 heteroatoms. The summed E-state index contributed by atoms with van der Waals surface area (Å²) in [6.07, 6.45) is 3.24. The van der Waals surface area contributed by atoms with Gasteiger partial charge in [-0.25, -0.2) is 0 Å². The van der Waals surface area contributed by atoms with Crippen molar-refractivity contribution in [3.8, 4) is 0 Å². The van der Waals surface area contributed by atoms with E-state index >= 15 is 0 Å². The monoisotopic (exact) mass is 316 g/mol. The van der Waals surface area contributed by atoms with Gasteiger partial charge < -0.3 is 0 Å². The van der Waals surface area contributed by atoms with Crippen LogP contribution in [0.3, 0.4) is 0 Å². The van der Waals surface area contributed by atoms with Gasteiger partial charge >= 0.3 is 0 Å². The maximum Gasteiger partial charge on any atom is 0.0119 e. The number of hydrogen-bond donors (Lipinski definition) is 0. The molecule has 0 aliphatic heterocycles. The van der Waals surface area contributed by atoms with E-state index in [1.165, 1.54) is 26.5 Å². The summed E-state index contributed by atoms with van der Waals surface area (Å²) in [5.41, 5.74) is 3.90. The fraction of sp³-hybridized carbons (Fsp3) is 0.0909. The van der Waals surface area contributed by atoms with Crippen LogP contribution in [0.15, 0.2) is 94.7 Å². The Balaban J connectivity index is 1.86. The SMILES string of the molecule is Cc1ccc(C/C(=C\c2ccccc2)Sc2ccccc2)cc1. The van der Waals surface area contributed by atoms with E-state index in [9.17, 15) is 0 Å². The van der Waals surface area contributed by atoms with E-state index in [1.807, 2.05) is 11.8 Å². The highest BCUT2D eigenvalue weighted by molar-refractivity contribution is 8.03. The Bertz CT molecular complexity index is 756. The van der Waals surface area contributed by atoms with Gasteiger partial charge in [-0.15, -0.1) is 0 Å². The summed E-state index contributed by atoms with van der Waals surface area (Å²) in [6, 6.07) is 29.9. The quantitative estimate of drug-likeness (QED) is 0.493. The van der Waals surface area contributed by atoms with E-state index in [1.54, 1.807) is 0 Å². The number of allylic oxidation sites excluding steroid dienone is 1. The lowest BCUT2D eigenvalue weighted by molar-refractivity contribution is 1.24. The first-order valence-electron chi connectivity index (χ1n) is 7.84. The zero-order valence-corrected chi connectivity index (χ0v) is 14.1. The van der Waals surface area contributed by atoms with Crippen LogP contribution in [0, 0.1) is 6.92 Å². The third-order valence-electron chi connectivity index (χ3n) is 3.62. The molecule has 0 unspecified atom stereocenters. The third kappa shape index (κ3) is 4.87. The predicted octanol–water partition coefficient (Wildman–Crippen LogP) is 6.37. The van der Waals surface area contributed by atoms with Crippen molar-refractivity contribution in [2.24, 2.45) is 0 Å². The van der Waals surface area contributed by atoms with Crippen LogP contribution >= 0.6 is 11.8 Å². The second-order valence-electron chi connectivity index (χ2n) is 5.60. The van der Waals surface area contributed by atoms with Gasteiger partial charge in [-0.2, -0.15) is 0 Å². The van der Waals surface area contributed by atoms with E-state index in [4.69, 9.17) is 0 Å². The first-order valence-corrected chi connectivity index (χ1v) is 8.65. The highest BCUT2D eigenvalue weighted by atomic mass is 32.2. The summed E-state index contributed by atoms with van der Waals surface area (Å²) < 4.78 is 0. The lowest BCUT2D eigenvalue weighted by Gasteiger charge is -2.09. The van der Waals surface area contributed by atoms with Crippen molar-refractivity contribution in [1.29, 1.82) is 0 Å². The minimum Gasteiger partial charge on any atom is -0.0942 e. The zero-order chi connectivity index (χ0) is 15.9. The molecule has 0 bridgehead atoms. The van der Waals surface area contributed by atoms with Crippen LogP contribution in [0.1, 0.15) is 16.7 Å². The molecule has 114 valence electrons. The van der Waals surface area contributed by atoms with Gasteiger partial charge in [-0.05, 0) is 41.2 Å². The molecule has 0 saturated carbocycles. The van der Waals surface area contributed by atoms with Crippen molar-refractivity contribution < 1.29 is 0 Å². The Morgan fingerprint density at radius 2 is 1.39 bits per heavy atom. The molecule has 0 aliphatic carbocycles. The summed E-state index contributed by atoms with van der Waals surface area (Å²) in [7, 11) is 0. The van der Waals surface area contributed by atoms with Gasteiger partial charge in [-0.3, -0.25) is 0 Å². The van der Waals surface area contributed by atoms with Crippen LogP contribution in [0.5, 0.6) is 0 Å². The van der Waals surface area contributed by atoms with Crippen molar-refractivity contribution in [3.05, 3.63) is 107 Å². The maximum atomic E-state index is 2.29. The van der Waals surface area contributed by atoms with E-state index in [0.29, 0.717) is 0 Å². The number of aryl methyl sites for hydroxylation is 1. The molecule has 0 aliphatic rings. The van der Waals surface area contributed by atoms with Crippen molar-refractivity contribution in [3.63, 3.8) is 0 Å². The van der Waals surface area contributed by atoms with E-state index in [0.717, 1.165) is 6.42 Å². The molecule has 0 fully saturated rings. The first-order chi connectivity index (χ1) is 11.3. The molecule has 3 aromatic rings. The van der Waals surface area contributed by atoms with Crippen molar-refractivity contribution in [2.75, 3.05) is 0 Å². The highest BCUT2D eigenvalue weighted by Gasteiger charge is 2.04. The Morgan fingerprint density at radius 3 is 2.04 bits per heavy atom. The lowest BCUT2D eigenvalue weighted by atomic mass is 10.1. The molecule has 23 heavy (non-hydrogen) atoms. The fourth-order valence-corrected chi connectivity index (χ4v) is 3.43. The Labute approximate surface area is 142 Å². The summed E-state index contributed by atoms with van der Waals surface area (Å²) in [4.78, 5) is 2.63. The average Bonchev–Trinajstić information content (AvgIpc) is 2.59. The molecular weight excluding hydrogens is 296 g/mol. The van der Waals surface area contributed by atoms with E-state index in [-0.39, 0.29) is 0 Å². The first kappa shape index (κ1) is 15.6. The topological polar surface area (TPSA) is 0 Å². The number of benzene rings is 3. The smallest absolute Gasteiger partial charge is 0.0119 e. The molecule has 0 N–H and O–H groups in total. The molecule has 0 heterocycles. The van der Waals surface area contributed by atoms with Crippen LogP contribution in [0.4, 0.5) is 0 Å². The molecule has 0 aromatic heterocycles. The molecule has 0 nitrogen and oxygen atoms in total. The van der Waals surface area contributed by atoms with E-state index < -0.39 is 0 Å². The molecule has 0 radical (unpaired) electrons. The van der Waals surface area contributed by atoms with Crippen LogP contribution in [0.25, 0.3) is 6.08 Å². The van der Waals surface area contributed by atoms with Gasteiger partial charge in [0.05, 0.1) is 0 Å². The van der Waals surface area contributed by atoms with Gasteiger partial charge in [-0.1, -0.05) is 90.1 Å². The predicted molar refractivity (Wildman–Crippen MR) is 102 cm³/mol.